The van der Waals surface area contributed by atoms with Gasteiger partial charge >= 0.3 is 0 Å². The average molecular weight is 269 g/mol. The maximum atomic E-state index is 11.5. The first-order chi connectivity index (χ1) is 8.95. The quantitative estimate of drug-likeness (QED) is 0.445. The minimum absolute atomic E-state index is 0.0362. The van der Waals surface area contributed by atoms with Crippen LogP contribution in [0.2, 0.25) is 0 Å². The highest BCUT2D eigenvalue weighted by Gasteiger charge is 2.13. The molecule has 0 aromatic carbocycles. The number of aliphatic hydroxyl groups is 1. The third-order valence-electron chi connectivity index (χ3n) is 2.88. The van der Waals surface area contributed by atoms with Gasteiger partial charge in [-0.2, -0.15) is 0 Å². The third kappa shape index (κ3) is 15.1. The van der Waals surface area contributed by atoms with Crippen LogP contribution in [0.25, 0.3) is 0 Å². The van der Waals surface area contributed by atoms with Gasteiger partial charge in [0.05, 0.1) is 5.60 Å². The molecule has 19 heavy (non-hydrogen) atoms. The first kappa shape index (κ1) is 18.2. The molecule has 0 heterocycles. The predicted molar refractivity (Wildman–Crippen MR) is 81.1 cm³/mol. The van der Waals surface area contributed by atoms with Crippen LogP contribution in [0.1, 0.15) is 72.1 Å². The standard InChI is InChI=1S/C16H31NO2/c1-4-5-6-7-8-9-10-11-12-13-15(18)17-14-16(2,3)19/h8-9,19H,4-7,10-14H2,1-3H3,(H,17,18)/b9-8-. The van der Waals surface area contributed by atoms with Crippen LogP contribution in [0, 0.1) is 0 Å². The lowest BCUT2D eigenvalue weighted by atomic mass is 10.1. The molecule has 0 aromatic heterocycles. The Morgan fingerprint density at radius 1 is 1.11 bits per heavy atom. The van der Waals surface area contributed by atoms with Crippen LogP contribution in [-0.4, -0.2) is 23.2 Å². The van der Waals surface area contributed by atoms with E-state index in [4.69, 9.17) is 0 Å². The molecule has 0 bridgehead atoms. The van der Waals surface area contributed by atoms with Gasteiger partial charge in [-0.3, -0.25) is 4.79 Å². The Labute approximate surface area is 118 Å². The van der Waals surface area contributed by atoms with Gasteiger partial charge < -0.3 is 10.4 Å². The number of carbonyl (C=O) groups excluding carboxylic acids is 1. The fourth-order valence-corrected chi connectivity index (χ4v) is 1.70. The maximum Gasteiger partial charge on any atom is 0.220 e. The van der Waals surface area contributed by atoms with Gasteiger partial charge in [0.25, 0.3) is 0 Å². The smallest absolute Gasteiger partial charge is 0.220 e. The highest BCUT2D eigenvalue weighted by atomic mass is 16.3. The van der Waals surface area contributed by atoms with Crippen molar-refractivity contribution in [2.75, 3.05) is 6.54 Å². The molecule has 0 unspecified atom stereocenters. The molecular formula is C16H31NO2. The van der Waals surface area contributed by atoms with Gasteiger partial charge in [0, 0.05) is 13.0 Å². The van der Waals surface area contributed by atoms with E-state index in [9.17, 15) is 9.90 Å². The van der Waals surface area contributed by atoms with Crippen molar-refractivity contribution in [1.29, 1.82) is 0 Å². The number of nitrogens with one attached hydrogen (secondary N) is 1. The molecule has 0 aliphatic rings. The zero-order valence-electron chi connectivity index (χ0n) is 12.9. The number of unbranched alkanes of at least 4 members (excludes halogenated alkanes) is 5. The lowest BCUT2D eigenvalue weighted by Gasteiger charge is -2.17. The fourth-order valence-electron chi connectivity index (χ4n) is 1.70. The molecule has 0 aliphatic carbocycles. The van der Waals surface area contributed by atoms with Gasteiger partial charge in [-0.25, -0.2) is 0 Å². The molecule has 0 aliphatic heterocycles. The summed E-state index contributed by atoms with van der Waals surface area (Å²) in [6, 6.07) is 0. The van der Waals surface area contributed by atoms with Crippen molar-refractivity contribution in [3.8, 4) is 0 Å². The second-order valence-corrected chi connectivity index (χ2v) is 5.80. The molecule has 0 aromatic rings. The molecule has 0 rings (SSSR count). The Hall–Kier alpha value is -0.830. The van der Waals surface area contributed by atoms with Crippen LogP contribution in [0.15, 0.2) is 12.2 Å². The van der Waals surface area contributed by atoms with Gasteiger partial charge in [-0.1, -0.05) is 31.9 Å². The van der Waals surface area contributed by atoms with E-state index < -0.39 is 5.60 Å². The number of hydrogen-bond donors (Lipinski definition) is 2. The van der Waals surface area contributed by atoms with E-state index in [1.54, 1.807) is 13.8 Å². The number of amides is 1. The van der Waals surface area contributed by atoms with Crippen molar-refractivity contribution in [3.63, 3.8) is 0 Å². The molecule has 0 spiro atoms. The van der Waals surface area contributed by atoms with E-state index in [1.165, 1.54) is 25.7 Å². The predicted octanol–water partition coefficient (Wildman–Crippen LogP) is 3.57. The molecule has 112 valence electrons. The van der Waals surface area contributed by atoms with Crippen molar-refractivity contribution < 1.29 is 9.90 Å². The topological polar surface area (TPSA) is 49.3 Å². The van der Waals surface area contributed by atoms with Gasteiger partial charge in [0.15, 0.2) is 0 Å². The lowest BCUT2D eigenvalue weighted by molar-refractivity contribution is -0.122. The van der Waals surface area contributed by atoms with Crippen molar-refractivity contribution in [2.24, 2.45) is 0 Å². The van der Waals surface area contributed by atoms with Crippen LogP contribution in [-0.2, 0) is 4.79 Å². The van der Waals surface area contributed by atoms with Crippen LogP contribution in [0.3, 0.4) is 0 Å². The molecule has 2 N–H and O–H groups in total. The van der Waals surface area contributed by atoms with Gasteiger partial charge in [-0.05, 0) is 46.0 Å². The number of allylic oxidation sites excluding steroid dienone is 2. The zero-order valence-corrected chi connectivity index (χ0v) is 12.9. The highest BCUT2D eigenvalue weighted by molar-refractivity contribution is 5.75. The van der Waals surface area contributed by atoms with Crippen molar-refractivity contribution in [1.82, 2.24) is 5.32 Å². The fraction of sp³-hybridized carbons (Fsp3) is 0.812. The Bertz CT molecular complexity index is 254. The Kier molecular flexibility index (Phi) is 10.6. The monoisotopic (exact) mass is 269 g/mol. The van der Waals surface area contributed by atoms with Crippen molar-refractivity contribution in [3.05, 3.63) is 12.2 Å². The minimum Gasteiger partial charge on any atom is -0.389 e. The largest absolute Gasteiger partial charge is 0.389 e. The van der Waals surface area contributed by atoms with E-state index in [-0.39, 0.29) is 5.91 Å². The van der Waals surface area contributed by atoms with Crippen LogP contribution >= 0.6 is 0 Å². The normalized spacial score (nSPS) is 12.0. The lowest BCUT2D eigenvalue weighted by Crippen LogP contribution is -2.38. The summed E-state index contributed by atoms with van der Waals surface area (Å²) in [4.78, 5) is 11.5. The van der Waals surface area contributed by atoms with E-state index in [0.29, 0.717) is 13.0 Å². The average Bonchev–Trinajstić information content (AvgIpc) is 2.33. The molecule has 0 saturated carbocycles. The molecule has 3 nitrogen and oxygen atoms in total. The molecule has 0 atom stereocenters. The summed E-state index contributed by atoms with van der Waals surface area (Å²) < 4.78 is 0. The van der Waals surface area contributed by atoms with Crippen LogP contribution in [0.4, 0.5) is 0 Å². The van der Waals surface area contributed by atoms with Crippen molar-refractivity contribution >= 4 is 5.91 Å². The Balaban J connectivity index is 3.36. The van der Waals surface area contributed by atoms with E-state index in [1.807, 2.05) is 0 Å². The number of carbonyl (C=O) groups is 1. The number of rotatable bonds is 11. The summed E-state index contributed by atoms with van der Waals surface area (Å²) >= 11 is 0. The zero-order chi connectivity index (χ0) is 14.6. The first-order valence-electron chi connectivity index (χ1n) is 7.60. The number of hydrogen-bond acceptors (Lipinski definition) is 2. The van der Waals surface area contributed by atoms with Crippen molar-refractivity contribution in [2.45, 2.75) is 77.7 Å². The maximum absolute atomic E-state index is 11.5. The van der Waals surface area contributed by atoms with Crippen LogP contribution < -0.4 is 5.32 Å². The third-order valence-corrected chi connectivity index (χ3v) is 2.88. The van der Waals surface area contributed by atoms with Crippen LogP contribution in [0.5, 0.6) is 0 Å². The van der Waals surface area contributed by atoms with E-state index >= 15 is 0 Å². The Morgan fingerprint density at radius 2 is 1.68 bits per heavy atom. The van der Waals surface area contributed by atoms with Gasteiger partial charge in [0.2, 0.25) is 5.91 Å². The first-order valence-corrected chi connectivity index (χ1v) is 7.60. The molecule has 1 amide bonds. The molecule has 3 heteroatoms. The minimum atomic E-state index is -0.823. The molecular weight excluding hydrogens is 238 g/mol. The van der Waals surface area contributed by atoms with Gasteiger partial charge in [-0.15, -0.1) is 0 Å². The molecule has 0 fully saturated rings. The summed E-state index contributed by atoms with van der Waals surface area (Å²) in [5.74, 6) is 0.0362. The summed E-state index contributed by atoms with van der Waals surface area (Å²) in [7, 11) is 0. The highest BCUT2D eigenvalue weighted by Crippen LogP contribution is 2.04. The van der Waals surface area contributed by atoms with E-state index in [2.05, 4.69) is 24.4 Å². The Morgan fingerprint density at radius 3 is 2.21 bits per heavy atom. The SMILES string of the molecule is CCCCC/C=C\CCCCC(=O)NCC(C)(C)O. The summed E-state index contributed by atoms with van der Waals surface area (Å²) in [6.07, 6.45) is 13.1. The molecule has 0 radical (unpaired) electrons. The van der Waals surface area contributed by atoms with E-state index in [0.717, 1.165) is 19.3 Å². The van der Waals surface area contributed by atoms with Gasteiger partial charge in [0.1, 0.15) is 0 Å². The summed E-state index contributed by atoms with van der Waals surface area (Å²) in [5.41, 5.74) is -0.823. The second-order valence-electron chi connectivity index (χ2n) is 5.80. The summed E-state index contributed by atoms with van der Waals surface area (Å²) in [6.45, 7) is 5.92. The second kappa shape index (κ2) is 11.0. The summed E-state index contributed by atoms with van der Waals surface area (Å²) in [5, 5.41) is 12.2. The molecule has 0 saturated heterocycles.